The number of alkyl halides is 3. The SMILES string of the molecule is COc1cc(C=Cc2cc(OCC=C(C)C)cc(OC(F)(F)F)c2)ccc1OCOCC[Si](C)(C)C. The highest BCUT2D eigenvalue weighted by molar-refractivity contribution is 6.76. The fourth-order valence-corrected chi connectivity index (χ4v) is 3.67. The number of halogens is 3. The highest BCUT2D eigenvalue weighted by Crippen LogP contribution is 2.31. The molecule has 2 rings (SSSR count). The lowest BCUT2D eigenvalue weighted by molar-refractivity contribution is -0.274. The topological polar surface area (TPSA) is 46.2 Å². The highest BCUT2D eigenvalue weighted by atomic mass is 28.3. The van der Waals surface area contributed by atoms with E-state index in [4.69, 9.17) is 18.9 Å². The molecular formula is C27H35F3O5Si. The smallest absolute Gasteiger partial charge is 0.493 e. The standard InChI is InChI=1S/C27H35F3O5Si/c1-20(2)11-12-33-23-15-22(16-24(18-23)35-27(28,29)30)8-7-21-9-10-25(26(17-21)31-3)34-19-32-13-14-36(4,5)6/h7-11,15-18H,12-14,19H2,1-6H3. The molecule has 0 spiro atoms. The molecule has 36 heavy (non-hydrogen) atoms. The zero-order valence-corrected chi connectivity index (χ0v) is 22.7. The number of rotatable bonds is 13. The van der Waals surface area contributed by atoms with E-state index in [-0.39, 0.29) is 24.9 Å². The van der Waals surface area contributed by atoms with Gasteiger partial charge in [-0.1, -0.05) is 43.4 Å². The van der Waals surface area contributed by atoms with Crippen LogP contribution in [0, 0.1) is 0 Å². The molecule has 0 amide bonds. The first-order chi connectivity index (χ1) is 16.8. The van der Waals surface area contributed by atoms with E-state index in [2.05, 4.69) is 24.4 Å². The van der Waals surface area contributed by atoms with Crippen LogP contribution in [0.4, 0.5) is 13.2 Å². The van der Waals surface area contributed by atoms with Gasteiger partial charge in [-0.15, -0.1) is 13.2 Å². The van der Waals surface area contributed by atoms with E-state index in [1.54, 1.807) is 30.4 Å². The molecule has 5 nitrogen and oxygen atoms in total. The van der Waals surface area contributed by atoms with Gasteiger partial charge in [0, 0.05) is 20.7 Å². The van der Waals surface area contributed by atoms with Crippen molar-refractivity contribution >= 4 is 20.2 Å². The lowest BCUT2D eigenvalue weighted by atomic mass is 10.1. The van der Waals surface area contributed by atoms with Crippen molar-refractivity contribution in [2.24, 2.45) is 0 Å². The zero-order valence-electron chi connectivity index (χ0n) is 21.7. The van der Waals surface area contributed by atoms with Gasteiger partial charge in [0.05, 0.1) is 7.11 Å². The van der Waals surface area contributed by atoms with Crippen molar-refractivity contribution in [2.75, 3.05) is 27.1 Å². The third-order valence-corrected chi connectivity index (χ3v) is 6.53. The predicted molar refractivity (Wildman–Crippen MR) is 140 cm³/mol. The Kier molecular flexibility index (Phi) is 10.9. The molecule has 0 saturated heterocycles. The Morgan fingerprint density at radius 1 is 0.889 bits per heavy atom. The second-order valence-corrected chi connectivity index (χ2v) is 15.2. The Balaban J connectivity index is 2.13. The Labute approximate surface area is 212 Å². The van der Waals surface area contributed by atoms with Gasteiger partial charge in [-0.25, -0.2) is 0 Å². The molecule has 0 N–H and O–H groups in total. The van der Waals surface area contributed by atoms with E-state index >= 15 is 0 Å². The summed E-state index contributed by atoms with van der Waals surface area (Å²) in [4.78, 5) is 0. The summed E-state index contributed by atoms with van der Waals surface area (Å²) < 4.78 is 64.8. The molecule has 0 aliphatic heterocycles. The van der Waals surface area contributed by atoms with Crippen LogP contribution in [0.5, 0.6) is 23.0 Å². The Morgan fingerprint density at radius 2 is 1.58 bits per heavy atom. The summed E-state index contributed by atoms with van der Waals surface area (Å²) in [5, 5.41) is 0. The average molecular weight is 525 g/mol. The summed E-state index contributed by atoms with van der Waals surface area (Å²) >= 11 is 0. The molecule has 0 bridgehead atoms. The van der Waals surface area contributed by atoms with Crippen LogP contribution in [0.3, 0.4) is 0 Å². The quantitative estimate of drug-likeness (QED) is 0.0880. The van der Waals surface area contributed by atoms with Gasteiger partial charge in [0.15, 0.2) is 18.3 Å². The van der Waals surface area contributed by atoms with E-state index in [0.717, 1.165) is 17.2 Å². The Hall–Kier alpha value is -2.91. The van der Waals surface area contributed by atoms with Crippen molar-refractivity contribution in [3.8, 4) is 23.0 Å². The maximum absolute atomic E-state index is 12.8. The van der Waals surface area contributed by atoms with E-state index in [1.807, 2.05) is 26.0 Å². The van der Waals surface area contributed by atoms with Crippen molar-refractivity contribution in [3.05, 3.63) is 59.2 Å². The van der Waals surface area contributed by atoms with Gasteiger partial charge < -0.3 is 23.7 Å². The first-order valence-electron chi connectivity index (χ1n) is 11.6. The fourth-order valence-electron chi connectivity index (χ4n) is 2.91. The summed E-state index contributed by atoms with van der Waals surface area (Å²) in [6, 6.07) is 10.6. The Morgan fingerprint density at radius 3 is 2.22 bits per heavy atom. The molecule has 0 aromatic heterocycles. The molecule has 0 heterocycles. The predicted octanol–water partition coefficient (Wildman–Crippen LogP) is 7.80. The van der Waals surface area contributed by atoms with E-state index in [0.29, 0.717) is 23.7 Å². The molecule has 0 unspecified atom stereocenters. The van der Waals surface area contributed by atoms with Crippen LogP contribution in [0.1, 0.15) is 25.0 Å². The molecule has 0 fully saturated rings. The lowest BCUT2D eigenvalue weighted by Gasteiger charge is -2.16. The van der Waals surface area contributed by atoms with Crippen LogP contribution >= 0.6 is 0 Å². The maximum atomic E-state index is 12.8. The van der Waals surface area contributed by atoms with E-state index in [1.165, 1.54) is 19.2 Å². The molecule has 0 radical (unpaired) electrons. The molecule has 0 aliphatic rings. The molecule has 9 heteroatoms. The summed E-state index contributed by atoms with van der Waals surface area (Å²) in [6.45, 7) is 11.7. The summed E-state index contributed by atoms with van der Waals surface area (Å²) in [5.41, 5.74) is 2.30. The van der Waals surface area contributed by atoms with Crippen molar-refractivity contribution in [3.63, 3.8) is 0 Å². The fraction of sp³-hybridized carbons (Fsp3) is 0.407. The van der Waals surface area contributed by atoms with Gasteiger partial charge in [0.2, 0.25) is 0 Å². The van der Waals surface area contributed by atoms with Crippen molar-refractivity contribution in [1.82, 2.24) is 0 Å². The van der Waals surface area contributed by atoms with Gasteiger partial charge in [0.1, 0.15) is 18.1 Å². The third-order valence-electron chi connectivity index (χ3n) is 4.83. The van der Waals surface area contributed by atoms with Gasteiger partial charge in [-0.05, 0) is 61.4 Å². The number of ether oxygens (including phenoxy) is 5. The molecule has 2 aromatic carbocycles. The second kappa shape index (κ2) is 13.4. The van der Waals surface area contributed by atoms with Crippen LogP contribution in [0.25, 0.3) is 12.2 Å². The monoisotopic (exact) mass is 524 g/mol. The van der Waals surface area contributed by atoms with Crippen LogP contribution in [0.15, 0.2) is 48.0 Å². The van der Waals surface area contributed by atoms with Gasteiger partial charge in [-0.3, -0.25) is 0 Å². The lowest BCUT2D eigenvalue weighted by Crippen LogP contribution is -2.22. The van der Waals surface area contributed by atoms with Gasteiger partial charge >= 0.3 is 6.36 Å². The molecule has 198 valence electrons. The molecular weight excluding hydrogens is 489 g/mol. The first-order valence-corrected chi connectivity index (χ1v) is 15.3. The van der Waals surface area contributed by atoms with Crippen molar-refractivity contribution < 1.29 is 36.9 Å². The van der Waals surface area contributed by atoms with E-state index in [9.17, 15) is 13.2 Å². The Bertz CT molecular complexity index is 1040. The molecule has 0 atom stereocenters. The molecule has 0 saturated carbocycles. The molecule has 2 aromatic rings. The minimum Gasteiger partial charge on any atom is -0.493 e. The van der Waals surface area contributed by atoms with Crippen LogP contribution in [0.2, 0.25) is 25.7 Å². The summed E-state index contributed by atoms with van der Waals surface area (Å²) in [5.74, 6) is 0.973. The zero-order chi connectivity index (χ0) is 26.8. The van der Waals surface area contributed by atoms with Gasteiger partial charge in [0.25, 0.3) is 0 Å². The molecule has 0 aliphatic carbocycles. The third kappa shape index (κ3) is 11.7. The minimum absolute atomic E-state index is 0.123. The van der Waals surface area contributed by atoms with Crippen molar-refractivity contribution in [1.29, 1.82) is 0 Å². The first kappa shape index (κ1) is 29.3. The van der Waals surface area contributed by atoms with Crippen LogP contribution in [-0.4, -0.2) is 41.6 Å². The largest absolute Gasteiger partial charge is 0.573 e. The van der Waals surface area contributed by atoms with Crippen LogP contribution in [-0.2, 0) is 4.74 Å². The summed E-state index contributed by atoms with van der Waals surface area (Å²) in [6.07, 6.45) is 0.455. The normalized spacial score (nSPS) is 11.9. The van der Waals surface area contributed by atoms with Gasteiger partial charge in [-0.2, -0.15) is 0 Å². The maximum Gasteiger partial charge on any atom is 0.573 e. The van der Waals surface area contributed by atoms with Crippen LogP contribution < -0.4 is 18.9 Å². The summed E-state index contributed by atoms with van der Waals surface area (Å²) in [7, 11) is 0.371. The average Bonchev–Trinajstić information content (AvgIpc) is 2.75. The van der Waals surface area contributed by atoms with E-state index < -0.39 is 14.4 Å². The number of hydrogen-bond donors (Lipinski definition) is 0. The second-order valence-electron chi connectivity index (χ2n) is 9.60. The van der Waals surface area contributed by atoms with Crippen molar-refractivity contribution in [2.45, 2.75) is 45.9 Å². The number of benzene rings is 2. The number of methoxy groups -OCH3 is 1. The number of hydrogen-bond acceptors (Lipinski definition) is 5. The minimum atomic E-state index is -4.80. The highest BCUT2D eigenvalue weighted by Gasteiger charge is 2.31. The number of allylic oxidation sites excluding steroid dienone is 1.